The molecule has 0 spiro atoms. The monoisotopic (exact) mass is 294 g/mol. The second kappa shape index (κ2) is 7.28. The summed E-state index contributed by atoms with van der Waals surface area (Å²) in [4.78, 5) is 13.1. The molecule has 6 heteroatoms. The molecule has 2 atom stereocenters. The Labute approximate surface area is 124 Å². The van der Waals surface area contributed by atoms with Crippen LogP contribution in [0.15, 0.2) is 24.3 Å². The van der Waals surface area contributed by atoms with Crippen LogP contribution in [0.4, 0.5) is 4.79 Å². The maximum absolute atomic E-state index is 11.0. The molecule has 0 aromatic heterocycles. The first kappa shape index (κ1) is 15.6. The minimum Gasteiger partial charge on any atom is -0.497 e. The Morgan fingerprint density at radius 3 is 2.48 bits per heavy atom. The van der Waals surface area contributed by atoms with E-state index in [9.17, 15) is 9.90 Å². The van der Waals surface area contributed by atoms with Crippen LogP contribution < -0.4 is 10.1 Å². The number of nitrogens with one attached hydrogen (secondary N) is 1. The van der Waals surface area contributed by atoms with Crippen molar-refractivity contribution < 1.29 is 19.7 Å². The summed E-state index contributed by atoms with van der Waals surface area (Å²) in [6.45, 7) is 2.42. The van der Waals surface area contributed by atoms with Crippen LogP contribution in [0.3, 0.4) is 0 Å². The molecule has 0 radical (unpaired) electrons. The molecule has 6 nitrogen and oxygen atoms in total. The minimum atomic E-state index is -1.12. The highest BCUT2D eigenvalue weighted by molar-refractivity contribution is 5.65. The van der Waals surface area contributed by atoms with E-state index in [4.69, 9.17) is 9.84 Å². The van der Waals surface area contributed by atoms with E-state index in [0.717, 1.165) is 25.9 Å². The summed E-state index contributed by atoms with van der Waals surface area (Å²) in [6, 6.07) is 6.47. The second-order valence-electron chi connectivity index (χ2n) is 5.28. The second-order valence-corrected chi connectivity index (χ2v) is 5.28. The maximum atomic E-state index is 11.0. The Balaban J connectivity index is 2.07. The normalized spacial score (nSPS) is 18.2. The van der Waals surface area contributed by atoms with Gasteiger partial charge in [0.1, 0.15) is 11.9 Å². The van der Waals surface area contributed by atoms with Crippen molar-refractivity contribution >= 4 is 6.09 Å². The smallest absolute Gasteiger partial charge is 0.405 e. The fourth-order valence-corrected chi connectivity index (χ4v) is 2.66. The molecule has 1 aliphatic rings. The molecular weight excluding hydrogens is 272 g/mol. The third-order valence-corrected chi connectivity index (χ3v) is 3.80. The largest absolute Gasteiger partial charge is 0.497 e. The van der Waals surface area contributed by atoms with Crippen molar-refractivity contribution in [3.63, 3.8) is 0 Å². The van der Waals surface area contributed by atoms with Crippen molar-refractivity contribution in [3.05, 3.63) is 29.8 Å². The number of benzene rings is 1. The number of hydrogen-bond acceptors (Lipinski definition) is 4. The lowest BCUT2D eigenvalue weighted by Gasteiger charge is -2.27. The number of aliphatic hydroxyl groups excluding tert-OH is 1. The van der Waals surface area contributed by atoms with Gasteiger partial charge >= 0.3 is 6.09 Å². The topological polar surface area (TPSA) is 82.0 Å². The number of aliphatic hydroxyl groups is 1. The van der Waals surface area contributed by atoms with E-state index in [2.05, 4.69) is 10.2 Å². The Morgan fingerprint density at radius 1 is 1.33 bits per heavy atom. The summed E-state index contributed by atoms with van der Waals surface area (Å²) in [6.07, 6.45) is 0.246. The first-order valence-electron chi connectivity index (χ1n) is 7.14. The Morgan fingerprint density at radius 2 is 1.95 bits per heavy atom. The zero-order chi connectivity index (χ0) is 15.2. The third-order valence-electron chi connectivity index (χ3n) is 3.80. The van der Waals surface area contributed by atoms with Crippen LogP contribution in [0.5, 0.6) is 5.75 Å². The Bertz CT molecular complexity index is 457. The van der Waals surface area contributed by atoms with Crippen molar-refractivity contribution in [1.82, 2.24) is 10.2 Å². The van der Waals surface area contributed by atoms with E-state index in [1.54, 1.807) is 31.4 Å². The summed E-state index contributed by atoms with van der Waals surface area (Å²) < 4.78 is 5.08. The van der Waals surface area contributed by atoms with Gasteiger partial charge in [-0.1, -0.05) is 12.1 Å². The predicted molar refractivity (Wildman–Crippen MR) is 78.6 cm³/mol. The summed E-state index contributed by atoms with van der Waals surface area (Å²) in [7, 11) is 1.58. The highest BCUT2D eigenvalue weighted by Crippen LogP contribution is 2.22. The lowest BCUT2D eigenvalue weighted by molar-refractivity contribution is 0.102. The predicted octanol–water partition coefficient (Wildman–Crippen LogP) is 1.46. The molecule has 1 heterocycles. The zero-order valence-electron chi connectivity index (χ0n) is 12.2. The van der Waals surface area contributed by atoms with Crippen LogP contribution in [-0.2, 0) is 0 Å². The Hall–Kier alpha value is -1.79. The van der Waals surface area contributed by atoms with Crippen LogP contribution in [0.2, 0.25) is 0 Å². The number of methoxy groups -OCH3 is 1. The Kier molecular flexibility index (Phi) is 5.41. The lowest BCUT2D eigenvalue weighted by atomic mass is 10.0. The van der Waals surface area contributed by atoms with E-state index >= 15 is 0 Å². The molecule has 0 bridgehead atoms. The number of nitrogens with zero attached hydrogens (tertiary/aromatic N) is 1. The maximum Gasteiger partial charge on any atom is 0.405 e. The van der Waals surface area contributed by atoms with Crippen LogP contribution in [0, 0.1) is 0 Å². The number of likely N-dealkylation sites (tertiary alicyclic amines) is 1. The van der Waals surface area contributed by atoms with Gasteiger partial charge in [-0.25, -0.2) is 4.79 Å². The summed E-state index contributed by atoms with van der Waals surface area (Å²) >= 11 is 0. The number of carbonyl (C=O) groups is 1. The van der Waals surface area contributed by atoms with E-state index in [1.165, 1.54) is 0 Å². The summed E-state index contributed by atoms with van der Waals surface area (Å²) in [5.74, 6) is 0.702. The van der Waals surface area contributed by atoms with Crippen LogP contribution in [0.25, 0.3) is 0 Å². The standard InChI is InChI=1S/C15H22N2O4/c1-21-12-6-4-11(5-7-12)14(18)13(16-15(19)20)10-17-8-2-3-9-17/h4-7,13-14,16,18H,2-3,8-10H2,1H3,(H,19,20)/t13-,14-/m1/s1. The van der Waals surface area contributed by atoms with Gasteiger partial charge < -0.3 is 25.2 Å². The quantitative estimate of drug-likeness (QED) is 0.740. The van der Waals surface area contributed by atoms with E-state index in [-0.39, 0.29) is 0 Å². The molecule has 1 aromatic rings. The SMILES string of the molecule is COc1ccc([C@@H](O)[C@@H](CN2CCCC2)NC(=O)O)cc1. The van der Waals surface area contributed by atoms with Gasteiger partial charge in [-0.3, -0.25) is 0 Å². The van der Waals surface area contributed by atoms with Crippen molar-refractivity contribution in [2.75, 3.05) is 26.7 Å². The first-order valence-corrected chi connectivity index (χ1v) is 7.14. The molecule has 2 rings (SSSR count). The first-order chi connectivity index (χ1) is 10.1. The van der Waals surface area contributed by atoms with E-state index < -0.39 is 18.2 Å². The van der Waals surface area contributed by atoms with Gasteiger partial charge in [-0.2, -0.15) is 0 Å². The van der Waals surface area contributed by atoms with Gasteiger partial charge in [0.25, 0.3) is 0 Å². The molecule has 3 N–H and O–H groups in total. The van der Waals surface area contributed by atoms with Crippen molar-refractivity contribution in [2.24, 2.45) is 0 Å². The van der Waals surface area contributed by atoms with Gasteiger partial charge in [-0.05, 0) is 43.6 Å². The lowest BCUT2D eigenvalue weighted by Crippen LogP contribution is -2.46. The molecule has 21 heavy (non-hydrogen) atoms. The van der Waals surface area contributed by atoms with Crippen LogP contribution in [-0.4, -0.2) is 54.0 Å². The third kappa shape index (κ3) is 4.34. The molecule has 1 aliphatic heterocycles. The summed E-state index contributed by atoms with van der Waals surface area (Å²) in [5.41, 5.74) is 0.675. The van der Waals surface area contributed by atoms with Crippen LogP contribution >= 0.6 is 0 Å². The molecule has 1 aromatic carbocycles. The minimum absolute atomic E-state index is 0.513. The van der Waals surface area contributed by atoms with Gasteiger partial charge in [0.15, 0.2) is 0 Å². The molecule has 0 aliphatic carbocycles. The van der Waals surface area contributed by atoms with Gasteiger partial charge in [0.2, 0.25) is 0 Å². The van der Waals surface area contributed by atoms with Gasteiger partial charge in [-0.15, -0.1) is 0 Å². The van der Waals surface area contributed by atoms with E-state index in [1.807, 2.05) is 0 Å². The summed E-state index contributed by atoms with van der Waals surface area (Å²) in [5, 5.41) is 21.9. The molecule has 1 fully saturated rings. The zero-order valence-corrected chi connectivity index (χ0v) is 12.2. The average molecular weight is 294 g/mol. The number of hydrogen-bond donors (Lipinski definition) is 3. The molecule has 116 valence electrons. The van der Waals surface area contributed by atoms with Gasteiger partial charge in [0.05, 0.1) is 13.2 Å². The fourth-order valence-electron chi connectivity index (χ4n) is 2.66. The van der Waals surface area contributed by atoms with Crippen molar-refractivity contribution in [2.45, 2.75) is 25.0 Å². The number of rotatable bonds is 6. The number of carboxylic acid groups (broad SMARTS) is 1. The van der Waals surface area contributed by atoms with Gasteiger partial charge in [0, 0.05) is 6.54 Å². The average Bonchev–Trinajstić information content (AvgIpc) is 2.98. The number of ether oxygens (including phenoxy) is 1. The highest BCUT2D eigenvalue weighted by Gasteiger charge is 2.26. The highest BCUT2D eigenvalue weighted by atomic mass is 16.5. The van der Waals surface area contributed by atoms with Crippen LogP contribution in [0.1, 0.15) is 24.5 Å². The molecule has 0 unspecified atom stereocenters. The fraction of sp³-hybridized carbons (Fsp3) is 0.533. The van der Waals surface area contributed by atoms with E-state index in [0.29, 0.717) is 17.9 Å². The molecule has 1 amide bonds. The van der Waals surface area contributed by atoms with Crippen molar-refractivity contribution in [3.8, 4) is 5.75 Å². The number of amides is 1. The van der Waals surface area contributed by atoms with Crippen molar-refractivity contribution in [1.29, 1.82) is 0 Å². The molecule has 1 saturated heterocycles. The molecular formula is C15H22N2O4. The molecule has 0 saturated carbocycles.